The Morgan fingerprint density at radius 1 is 1.42 bits per heavy atom. The van der Waals surface area contributed by atoms with E-state index in [4.69, 9.17) is 5.11 Å². The molecule has 0 aromatic carbocycles. The standard InChI is InChI=1S/C10H16O2/c1-10-6-2-3-7(10)4-5-8(10)9(11)12/h7-8H,2-6H2,1H3,(H,11,12)/t7-,8?,10-/m1/s1. The van der Waals surface area contributed by atoms with Gasteiger partial charge in [0.15, 0.2) is 0 Å². The van der Waals surface area contributed by atoms with Crippen molar-refractivity contribution in [1.82, 2.24) is 0 Å². The van der Waals surface area contributed by atoms with Gasteiger partial charge < -0.3 is 5.11 Å². The smallest absolute Gasteiger partial charge is 0.307 e. The van der Waals surface area contributed by atoms with Crippen LogP contribution in [-0.4, -0.2) is 11.1 Å². The monoisotopic (exact) mass is 168 g/mol. The molecule has 2 aliphatic rings. The Morgan fingerprint density at radius 3 is 2.83 bits per heavy atom. The van der Waals surface area contributed by atoms with Crippen molar-refractivity contribution in [3.8, 4) is 0 Å². The third-order valence-electron chi connectivity index (χ3n) is 4.10. The largest absolute Gasteiger partial charge is 0.481 e. The Balaban J connectivity index is 2.23. The minimum atomic E-state index is -0.568. The van der Waals surface area contributed by atoms with Crippen molar-refractivity contribution in [2.24, 2.45) is 17.3 Å². The lowest BCUT2D eigenvalue weighted by Crippen LogP contribution is -2.29. The maximum Gasteiger partial charge on any atom is 0.307 e. The van der Waals surface area contributed by atoms with Crippen LogP contribution in [0.15, 0.2) is 0 Å². The van der Waals surface area contributed by atoms with Crippen LogP contribution in [-0.2, 0) is 4.79 Å². The van der Waals surface area contributed by atoms with E-state index in [1.165, 1.54) is 12.8 Å². The van der Waals surface area contributed by atoms with E-state index in [1.807, 2.05) is 0 Å². The van der Waals surface area contributed by atoms with Crippen LogP contribution in [0.5, 0.6) is 0 Å². The van der Waals surface area contributed by atoms with Gasteiger partial charge in [-0.15, -0.1) is 0 Å². The number of aliphatic carboxylic acids is 1. The summed E-state index contributed by atoms with van der Waals surface area (Å²) in [6, 6.07) is 0. The van der Waals surface area contributed by atoms with Crippen LogP contribution in [0.3, 0.4) is 0 Å². The molecule has 0 aromatic heterocycles. The average molecular weight is 168 g/mol. The Hall–Kier alpha value is -0.530. The van der Waals surface area contributed by atoms with Crippen LogP contribution in [0, 0.1) is 17.3 Å². The first-order valence-corrected chi connectivity index (χ1v) is 4.87. The maximum absolute atomic E-state index is 10.9. The second-order valence-corrected chi connectivity index (χ2v) is 4.56. The van der Waals surface area contributed by atoms with E-state index in [0.29, 0.717) is 5.92 Å². The lowest BCUT2D eigenvalue weighted by molar-refractivity contribution is -0.145. The quantitative estimate of drug-likeness (QED) is 0.652. The highest BCUT2D eigenvalue weighted by Crippen LogP contribution is 2.57. The molecule has 0 radical (unpaired) electrons. The van der Waals surface area contributed by atoms with Crippen LogP contribution in [0.2, 0.25) is 0 Å². The van der Waals surface area contributed by atoms with Gasteiger partial charge in [0.05, 0.1) is 5.92 Å². The summed E-state index contributed by atoms with van der Waals surface area (Å²) in [6.45, 7) is 2.18. The van der Waals surface area contributed by atoms with Crippen molar-refractivity contribution in [1.29, 1.82) is 0 Å². The van der Waals surface area contributed by atoms with Crippen LogP contribution in [0.4, 0.5) is 0 Å². The Bertz CT molecular complexity index is 212. The van der Waals surface area contributed by atoms with E-state index in [9.17, 15) is 4.79 Å². The average Bonchev–Trinajstić information content (AvgIpc) is 2.42. The lowest BCUT2D eigenvalue weighted by Gasteiger charge is -2.28. The number of carbonyl (C=O) groups is 1. The molecular formula is C10H16O2. The first-order valence-electron chi connectivity index (χ1n) is 4.87. The van der Waals surface area contributed by atoms with Crippen LogP contribution in [0.25, 0.3) is 0 Å². The van der Waals surface area contributed by atoms with Crippen LogP contribution < -0.4 is 0 Å². The van der Waals surface area contributed by atoms with Crippen molar-refractivity contribution in [3.05, 3.63) is 0 Å². The first kappa shape index (κ1) is 8.09. The van der Waals surface area contributed by atoms with Gasteiger partial charge in [-0.1, -0.05) is 13.3 Å². The molecule has 2 heteroatoms. The Labute approximate surface area is 73.0 Å². The summed E-state index contributed by atoms with van der Waals surface area (Å²) in [5.41, 5.74) is 0.145. The number of carboxylic acid groups (broad SMARTS) is 1. The molecule has 0 spiro atoms. The molecule has 2 aliphatic carbocycles. The zero-order chi connectivity index (χ0) is 8.77. The molecule has 0 bridgehead atoms. The fourth-order valence-corrected chi connectivity index (χ4v) is 3.30. The fraction of sp³-hybridized carbons (Fsp3) is 0.900. The molecule has 12 heavy (non-hydrogen) atoms. The highest BCUT2D eigenvalue weighted by Gasteiger charge is 2.51. The van der Waals surface area contributed by atoms with Crippen LogP contribution in [0.1, 0.15) is 39.0 Å². The number of carboxylic acids is 1. The van der Waals surface area contributed by atoms with Crippen molar-refractivity contribution in [2.45, 2.75) is 39.0 Å². The Kier molecular flexibility index (Phi) is 1.67. The van der Waals surface area contributed by atoms with E-state index >= 15 is 0 Å². The van der Waals surface area contributed by atoms with E-state index in [-0.39, 0.29) is 11.3 Å². The molecule has 2 nitrogen and oxygen atoms in total. The molecule has 1 N–H and O–H groups in total. The van der Waals surface area contributed by atoms with Gasteiger partial charge >= 0.3 is 5.97 Å². The number of fused-ring (bicyclic) bond motifs is 1. The van der Waals surface area contributed by atoms with E-state index in [2.05, 4.69) is 6.92 Å². The summed E-state index contributed by atoms with van der Waals surface area (Å²) in [5.74, 6) is 0.0884. The zero-order valence-electron chi connectivity index (χ0n) is 7.55. The third-order valence-corrected chi connectivity index (χ3v) is 4.10. The molecule has 2 fully saturated rings. The van der Waals surface area contributed by atoms with E-state index in [0.717, 1.165) is 19.3 Å². The predicted molar refractivity (Wildman–Crippen MR) is 45.8 cm³/mol. The van der Waals surface area contributed by atoms with Crippen LogP contribution >= 0.6 is 0 Å². The Morgan fingerprint density at radius 2 is 2.17 bits per heavy atom. The van der Waals surface area contributed by atoms with Gasteiger partial charge in [0.2, 0.25) is 0 Å². The van der Waals surface area contributed by atoms with Gasteiger partial charge in [-0.3, -0.25) is 4.79 Å². The molecule has 1 unspecified atom stereocenters. The molecule has 2 saturated carbocycles. The van der Waals surface area contributed by atoms with Gasteiger partial charge in [-0.05, 0) is 37.0 Å². The summed E-state index contributed by atoms with van der Waals surface area (Å²) in [4.78, 5) is 10.9. The molecule has 2 rings (SSSR count). The molecule has 0 heterocycles. The minimum Gasteiger partial charge on any atom is -0.481 e. The predicted octanol–water partition coefficient (Wildman–Crippen LogP) is 2.29. The molecule has 0 aliphatic heterocycles. The van der Waals surface area contributed by atoms with Gasteiger partial charge in [0, 0.05) is 0 Å². The molecule has 0 saturated heterocycles. The topological polar surface area (TPSA) is 37.3 Å². The third kappa shape index (κ3) is 0.900. The van der Waals surface area contributed by atoms with Crippen molar-refractivity contribution >= 4 is 5.97 Å². The highest BCUT2D eigenvalue weighted by atomic mass is 16.4. The number of hydrogen-bond donors (Lipinski definition) is 1. The first-order chi connectivity index (χ1) is 5.64. The fourth-order valence-electron chi connectivity index (χ4n) is 3.30. The van der Waals surface area contributed by atoms with Gasteiger partial charge in [0.1, 0.15) is 0 Å². The van der Waals surface area contributed by atoms with E-state index in [1.54, 1.807) is 0 Å². The molecule has 0 amide bonds. The van der Waals surface area contributed by atoms with Crippen molar-refractivity contribution in [2.75, 3.05) is 0 Å². The SMILES string of the molecule is C[C@@]12CCC[C@@H]1CCC2C(=O)O. The molecule has 0 aromatic rings. The minimum absolute atomic E-state index is 0.0509. The summed E-state index contributed by atoms with van der Waals surface area (Å²) < 4.78 is 0. The number of rotatable bonds is 1. The second-order valence-electron chi connectivity index (χ2n) is 4.56. The molecule has 3 atom stereocenters. The normalized spacial score (nSPS) is 46.1. The lowest BCUT2D eigenvalue weighted by atomic mass is 9.76. The van der Waals surface area contributed by atoms with Crippen molar-refractivity contribution < 1.29 is 9.90 Å². The second kappa shape index (κ2) is 2.48. The highest BCUT2D eigenvalue weighted by molar-refractivity contribution is 5.71. The van der Waals surface area contributed by atoms with Gasteiger partial charge in [-0.2, -0.15) is 0 Å². The summed E-state index contributed by atoms with van der Waals surface area (Å²) in [6.07, 6.45) is 5.70. The number of hydrogen-bond acceptors (Lipinski definition) is 1. The summed E-state index contributed by atoms with van der Waals surface area (Å²) in [7, 11) is 0. The molecule has 68 valence electrons. The summed E-state index contributed by atoms with van der Waals surface area (Å²) in [5, 5.41) is 9.03. The van der Waals surface area contributed by atoms with Gasteiger partial charge in [-0.25, -0.2) is 0 Å². The zero-order valence-corrected chi connectivity index (χ0v) is 7.55. The van der Waals surface area contributed by atoms with E-state index < -0.39 is 5.97 Å². The molecular weight excluding hydrogens is 152 g/mol. The van der Waals surface area contributed by atoms with Crippen molar-refractivity contribution in [3.63, 3.8) is 0 Å². The summed E-state index contributed by atoms with van der Waals surface area (Å²) >= 11 is 0. The maximum atomic E-state index is 10.9. The van der Waals surface area contributed by atoms with Gasteiger partial charge in [0.25, 0.3) is 0 Å².